The van der Waals surface area contributed by atoms with Crippen molar-refractivity contribution < 1.29 is 0 Å². The Hall–Kier alpha value is -1.75. The summed E-state index contributed by atoms with van der Waals surface area (Å²) >= 11 is 0. The largest absolute Gasteiger partial charge is 0.309 e. The number of aromatic amines is 1. The van der Waals surface area contributed by atoms with E-state index in [2.05, 4.69) is 20.3 Å². The van der Waals surface area contributed by atoms with E-state index >= 15 is 0 Å². The van der Waals surface area contributed by atoms with Crippen LogP contribution in [0.1, 0.15) is 24.7 Å². The fraction of sp³-hybridized carbons (Fsp3) is 0.364. The van der Waals surface area contributed by atoms with Crippen molar-refractivity contribution in [2.45, 2.75) is 18.9 Å². The first-order chi connectivity index (χ1) is 7.84. The Morgan fingerprint density at radius 2 is 2.38 bits per heavy atom. The lowest BCUT2D eigenvalue weighted by molar-refractivity contribution is 0.606. The molecule has 1 saturated heterocycles. The van der Waals surface area contributed by atoms with E-state index in [9.17, 15) is 4.79 Å². The van der Waals surface area contributed by atoms with Gasteiger partial charge in [-0.1, -0.05) is 0 Å². The number of fused-ring (bicyclic) bond motifs is 1. The molecule has 0 bridgehead atoms. The van der Waals surface area contributed by atoms with E-state index in [1.807, 2.05) is 0 Å². The molecular weight excluding hydrogens is 204 g/mol. The third kappa shape index (κ3) is 1.49. The molecule has 3 rings (SSSR count). The first-order valence-corrected chi connectivity index (χ1v) is 5.42. The summed E-state index contributed by atoms with van der Waals surface area (Å²) < 4.78 is 0. The molecule has 1 aliphatic rings. The summed E-state index contributed by atoms with van der Waals surface area (Å²) in [4.78, 5) is 23.0. The first-order valence-electron chi connectivity index (χ1n) is 5.42. The molecule has 0 spiro atoms. The number of nitrogens with zero attached hydrogens (tertiary/aromatic N) is 2. The highest BCUT2D eigenvalue weighted by molar-refractivity contribution is 5.75. The Labute approximate surface area is 91.9 Å². The Morgan fingerprint density at radius 1 is 1.44 bits per heavy atom. The van der Waals surface area contributed by atoms with Crippen LogP contribution in [0.5, 0.6) is 0 Å². The molecule has 5 heteroatoms. The van der Waals surface area contributed by atoms with Gasteiger partial charge in [0.05, 0.1) is 16.9 Å². The highest BCUT2D eigenvalue weighted by Gasteiger charge is 2.19. The van der Waals surface area contributed by atoms with E-state index in [-0.39, 0.29) is 11.6 Å². The minimum atomic E-state index is -0.109. The molecule has 2 aromatic heterocycles. The van der Waals surface area contributed by atoms with Gasteiger partial charge in [-0.2, -0.15) is 0 Å². The Bertz CT molecular complexity index is 571. The summed E-state index contributed by atoms with van der Waals surface area (Å²) in [6.07, 6.45) is 5.36. The van der Waals surface area contributed by atoms with Crippen LogP contribution in [0, 0.1) is 0 Å². The van der Waals surface area contributed by atoms with E-state index in [4.69, 9.17) is 0 Å². The molecule has 0 radical (unpaired) electrons. The van der Waals surface area contributed by atoms with Crippen molar-refractivity contribution in [3.05, 3.63) is 34.6 Å². The summed E-state index contributed by atoms with van der Waals surface area (Å²) in [6, 6.07) is 1.95. The number of hydrogen-bond donors (Lipinski definition) is 2. The van der Waals surface area contributed by atoms with Gasteiger partial charge < -0.3 is 10.3 Å². The normalized spacial score (nSPS) is 20.4. The second-order valence-corrected chi connectivity index (χ2v) is 3.99. The number of pyridine rings is 1. The fourth-order valence-corrected chi connectivity index (χ4v) is 2.08. The molecule has 82 valence electrons. The molecule has 0 amide bonds. The molecule has 1 fully saturated rings. The molecule has 1 atom stereocenters. The van der Waals surface area contributed by atoms with E-state index in [1.165, 1.54) is 0 Å². The van der Waals surface area contributed by atoms with Gasteiger partial charge >= 0.3 is 0 Å². The Balaban J connectivity index is 2.17. The van der Waals surface area contributed by atoms with Crippen LogP contribution in [0.4, 0.5) is 0 Å². The van der Waals surface area contributed by atoms with Crippen LogP contribution in [-0.4, -0.2) is 21.5 Å². The van der Waals surface area contributed by atoms with Crippen LogP contribution in [-0.2, 0) is 0 Å². The van der Waals surface area contributed by atoms with Gasteiger partial charge in [-0.25, -0.2) is 4.98 Å². The average molecular weight is 216 g/mol. The van der Waals surface area contributed by atoms with Gasteiger partial charge in [0.25, 0.3) is 5.56 Å². The topological polar surface area (TPSA) is 70.7 Å². The lowest BCUT2D eigenvalue weighted by atomic mass is 10.2. The molecule has 2 aromatic rings. The number of nitrogens with one attached hydrogen (secondary N) is 2. The molecule has 2 N–H and O–H groups in total. The number of aromatic nitrogens is 3. The molecule has 0 unspecified atom stereocenters. The van der Waals surface area contributed by atoms with Gasteiger partial charge in [-0.05, 0) is 25.5 Å². The van der Waals surface area contributed by atoms with Crippen LogP contribution in [0.15, 0.2) is 23.3 Å². The van der Waals surface area contributed by atoms with Crippen molar-refractivity contribution in [1.82, 2.24) is 20.3 Å². The van der Waals surface area contributed by atoms with Crippen molar-refractivity contribution in [3.8, 4) is 0 Å². The first kappa shape index (κ1) is 9.47. The number of hydrogen-bond acceptors (Lipinski definition) is 4. The van der Waals surface area contributed by atoms with Gasteiger partial charge in [-0.15, -0.1) is 0 Å². The monoisotopic (exact) mass is 216 g/mol. The fourth-order valence-electron chi connectivity index (χ4n) is 2.08. The minimum Gasteiger partial charge on any atom is -0.309 e. The van der Waals surface area contributed by atoms with Crippen LogP contribution in [0.2, 0.25) is 0 Å². The second kappa shape index (κ2) is 3.68. The third-order valence-corrected chi connectivity index (χ3v) is 2.92. The summed E-state index contributed by atoms with van der Waals surface area (Å²) in [5.41, 5.74) is 0.601. The van der Waals surface area contributed by atoms with Crippen LogP contribution in [0.3, 0.4) is 0 Å². The smallest absolute Gasteiger partial charge is 0.260 e. The lowest BCUT2D eigenvalue weighted by Gasteiger charge is -2.09. The Morgan fingerprint density at radius 3 is 3.19 bits per heavy atom. The summed E-state index contributed by atoms with van der Waals surface area (Å²) in [5, 5.41) is 3.86. The van der Waals surface area contributed by atoms with Crippen molar-refractivity contribution in [3.63, 3.8) is 0 Å². The zero-order chi connectivity index (χ0) is 11.0. The second-order valence-electron chi connectivity index (χ2n) is 3.99. The van der Waals surface area contributed by atoms with Crippen molar-refractivity contribution in [2.75, 3.05) is 6.54 Å². The molecule has 0 aromatic carbocycles. The summed E-state index contributed by atoms with van der Waals surface area (Å²) in [7, 11) is 0. The molecule has 1 aliphatic heterocycles. The predicted molar refractivity (Wildman–Crippen MR) is 60.1 cm³/mol. The van der Waals surface area contributed by atoms with E-state index in [0.29, 0.717) is 10.9 Å². The predicted octanol–water partition coefficient (Wildman–Crippen LogP) is 0.743. The summed E-state index contributed by atoms with van der Waals surface area (Å²) in [5.74, 6) is 0.737. The van der Waals surface area contributed by atoms with E-state index < -0.39 is 0 Å². The minimum absolute atomic E-state index is 0.109. The lowest BCUT2D eigenvalue weighted by Crippen LogP contribution is -2.20. The van der Waals surface area contributed by atoms with E-state index in [1.54, 1.807) is 18.5 Å². The van der Waals surface area contributed by atoms with Crippen molar-refractivity contribution in [1.29, 1.82) is 0 Å². The van der Waals surface area contributed by atoms with Crippen LogP contribution in [0.25, 0.3) is 10.9 Å². The van der Waals surface area contributed by atoms with Gasteiger partial charge in [-0.3, -0.25) is 9.78 Å². The maximum Gasteiger partial charge on any atom is 0.260 e. The maximum atomic E-state index is 11.8. The maximum absolute atomic E-state index is 11.8. The molecule has 5 nitrogen and oxygen atoms in total. The summed E-state index contributed by atoms with van der Waals surface area (Å²) in [6.45, 7) is 0.989. The van der Waals surface area contributed by atoms with E-state index in [0.717, 1.165) is 25.2 Å². The van der Waals surface area contributed by atoms with Gasteiger partial charge in [0.1, 0.15) is 5.82 Å². The van der Waals surface area contributed by atoms with Crippen molar-refractivity contribution in [2.24, 2.45) is 0 Å². The SMILES string of the molecule is O=c1[nH]c([C@@H]2CCCN2)nc2ccncc12. The van der Waals surface area contributed by atoms with Gasteiger partial charge in [0.15, 0.2) is 0 Å². The van der Waals surface area contributed by atoms with Crippen molar-refractivity contribution >= 4 is 10.9 Å². The molecule has 3 heterocycles. The van der Waals surface area contributed by atoms with Crippen LogP contribution >= 0.6 is 0 Å². The van der Waals surface area contributed by atoms with Crippen LogP contribution < -0.4 is 10.9 Å². The number of H-pyrrole nitrogens is 1. The standard InChI is InChI=1S/C11H12N4O/c16-11-7-6-12-5-3-8(7)14-10(15-11)9-2-1-4-13-9/h3,5-6,9,13H,1-2,4H2,(H,14,15,16)/t9-/m0/s1. The zero-order valence-corrected chi connectivity index (χ0v) is 8.73. The quantitative estimate of drug-likeness (QED) is 0.737. The van der Waals surface area contributed by atoms with Gasteiger partial charge in [0, 0.05) is 12.4 Å². The molecule has 16 heavy (non-hydrogen) atoms. The Kier molecular flexibility index (Phi) is 2.18. The molecule has 0 saturated carbocycles. The van der Waals surface area contributed by atoms with Gasteiger partial charge in [0.2, 0.25) is 0 Å². The number of rotatable bonds is 1. The molecular formula is C11H12N4O. The highest BCUT2D eigenvalue weighted by Crippen LogP contribution is 2.19. The zero-order valence-electron chi connectivity index (χ0n) is 8.73. The molecule has 0 aliphatic carbocycles. The average Bonchev–Trinajstić information content (AvgIpc) is 2.82. The third-order valence-electron chi connectivity index (χ3n) is 2.92. The highest BCUT2D eigenvalue weighted by atomic mass is 16.1.